The van der Waals surface area contributed by atoms with Gasteiger partial charge in [-0.05, 0) is 20.3 Å². The van der Waals surface area contributed by atoms with E-state index in [-0.39, 0.29) is 5.91 Å². The van der Waals surface area contributed by atoms with Crippen LogP contribution in [0, 0.1) is 0 Å². The van der Waals surface area contributed by atoms with Crippen LogP contribution < -0.4 is 0 Å². The molecule has 0 bridgehead atoms. The summed E-state index contributed by atoms with van der Waals surface area (Å²) in [7, 11) is 0. The van der Waals surface area contributed by atoms with Crippen LogP contribution in [0.25, 0.3) is 0 Å². The SMILES string of the molecule is CCC(C)N1CC(=O)N(CC)C1. The summed E-state index contributed by atoms with van der Waals surface area (Å²) in [5.41, 5.74) is 0. The molecule has 0 N–H and O–H groups in total. The third-order valence-corrected chi connectivity index (χ3v) is 2.64. The van der Waals surface area contributed by atoms with Gasteiger partial charge in [-0.3, -0.25) is 9.69 Å². The Morgan fingerprint density at radius 3 is 2.58 bits per heavy atom. The molecular weight excluding hydrogens is 152 g/mol. The Bertz CT molecular complexity index is 170. The molecular formula is C9H18N2O. The molecule has 1 aliphatic heterocycles. The minimum Gasteiger partial charge on any atom is -0.329 e. The van der Waals surface area contributed by atoms with Gasteiger partial charge in [-0.25, -0.2) is 0 Å². The maximum absolute atomic E-state index is 11.3. The first kappa shape index (κ1) is 9.52. The molecule has 1 heterocycles. The number of carbonyl (C=O) groups is 1. The van der Waals surface area contributed by atoms with E-state index in [1.807, 2.05) is 11.8 Å². The zero-order valence-corrected chi connectivity index (χ0v) is 8.21. The van der Waals surface area contributed by atoms with Crippen molar-refractivity contribution in [1.82, 2.24) is 9.80 Å². The average molecular weight is 170 g/mol. The van der Waals surface area contributed by atoms with E-state index in [1.165, 1.54) is 0 Å². The van der Waals surface area contributed by atoms with Crippen molar-refractivity contribution in [3.05, 3.63) is 0 Å². The molecule has 1 amide bonds. The van der Waals surface area contributed by atoms with Crippen molar-refractivity contribution in [1.29, 1.82) is 0 Å². The topological polar surface area (TPSA) is 23.6 Å². The molecule has 1 saturated heterocycles. The Morgan fingerprint density at radius 1 is 1.50 bits per heavy atom. The predicted octanol–water partition coefficient (Wildman–Crippen LogP) is 0.906. The molecule has 0 spiro atoms. The van der Waals surface area contributed by atoms with Crippen molar-refractivity contribution in [2.75, 3.05) is 19.8 Å². The summed E-state index contributed by atoms with van der Waals surface area (Å²) >= 11 is 0. The van der Waals surface area contributed by atoms with Gasteiger partial charge in [0.15, 0.2) is 0 Å². The van der Waals surface area contributed by atoms with Crippen molar-refractivity contribution >= 4 is 5.91 Å². The highest BCUT2D eigenvalue weighted by molar-refractivity contribution is 5.80. The van der Waals surface area contributed by atoms with Gasteiger partial charge in [0.1, 0.15) is 0 Å². The van der Waals surface area contributed by atoms with Crippen LogP contribution in [0.2, 0.25) is 0 Å². The molecule has 0 aliphatic carbocycles. The smallest absolute Gasteiger partial charge is 0.237 e. The van der Waals surface area contributed by atoms with Gasteiger partial charge in [-0.15, -0.1) is 0 Å². The zero-order valence-electron chi connectivity index (χ0n) is 8.21. The van der Waals surface area contributed by atoms with Crippen LogP contribution in [0.15, 0.2) is 0 Å². The van der Waals surface area contributed by atoms with Crippen molar-refractivity contribution in [2.24, 2.45) is 0 Å². The van der Waals surface area contributed by atoms with Gasteiger partial charge in [0.25, 0.3) is 0 Å². The number of hydrogen-bond donors (Lipinski definition) is 0. The highest BCUT2D eigenvalue weighted by Crippen LogP contribution is 2.11. The fourth-order valence-corrected chi connectivity index (χ4v) is 1.45. The molecule has 0 radical (unpaired) electrons. The van der Waals surface area contributed by atoms with E-state index in [4.69, 9.17) is 0 Å². The Hall–Kier alpha value is -0.570. The molecule has 12 heavy (non-hydrogen) atoms. The second-order valence-electron chi connectivity index (χ2n) is 3.40. The molecule has 0 aromatic rings. The lowest BCUT2D eigenvalue weighted by molar-refractivity contribution is -0.126. The van der Waals surface area contributed by atoms with Crippen molar-refractivity contribution in [3.8, 4) is 0 Å². The Morgan fingerprint density at radius 2 is 2.17 bits per heavy atom. The molecule has 3 heteroatoms. The number of hydrogen-bond acceptors (Lipinski definition) is 2. The fraction of sp³-hybridized carbons (Fsp3) is 0.889. The standard InChI is InChI=1S/C9H18N2O/c1-4-8(3)11-6-9(12)10(5-2)7-11/h8H,4-7H2,1-3H3. The van der Waals surface area contributed by atoms with Crippen LogP contribution in [0.3, 0.4) is 0 Å². The van der Waals surface area contributed by atoms with Crippen LogP contribution in [0.5, 0.6) is 0 Å². The summed E-state index contributed by atoms with van der Waals surface area (Å²) in [6.07, 6.45) is 1.12. The van der Waals surface area contributed by atoms with E-state index in [1.54, 1.807) is 0 Å². The quantitative estimate of drug-likeness (QED) is 0.628. The minimum atomic E-state index is 0.276. The highest BCUT2D eigenvalue weighted by Gasteiger charge is 2.28. The highest BCUT2D eigenvalue weighted by atomic mass is 16.2. The van der Waals surface area contributed by atoms with Crippen molar-refractivity contribution < 1.29 is 4.79 Å². The molecule has 0 aromatic heterocycles. The van der Waals surface area contributed by atoms with Crippen LogP contribution in [-0.4, -0.2) is 41.5 Å². The molecule has 70 valence electrons. The van der Waals surface area contributed by atoms with Gasteiger partial charge < -0.3 is 4.90 Å². The predicted molar refractivity (Wildman–Crippen MR) is 48.7 cm³/mol. The fourth-order valence-electron chi connectivity index (χ4n) is 1.45. The lowest BCUT2D eigenvalue weighted by atomic mass is 10.2. The van der Waals surface area contributed by atoms with Crippen LogP contribution >= 0.6 is 0 Å². The molecule has 1 rings (SSSR count). The molecule has 0 aromatic carbocycles. The summed E-state index contributed by atoms with van der Waals surface area (Å²) in [6.45, 7) is 8.63. The summed E-state index contributed by atoms with van der Waals surface area (Å²) < 4.78 is 0. The van der Waals surface area contributed by atoms with E-state index in [0.29, 0.717) is 12.6 Å². The van der Waals surface area contributed by atoms with E-state index in [2.05, 4.69) is 18.7 Å². The molecule has 1 atom stereocenters. The van der Waals surface area contributed by atoms with Crippen molar-refractivity contribution in [3.63, 3.8) is 0 Å². The van der Waals surface area contributed by atoms with E-state index in [9.17, 15) is 4.79 Å². The number of carbonyl (C=O) groups excluding carboxylic acids is 1. The summed E-state index contributed by atoms with van der Waals surface area (Å²) in [5, 5.41) is 0. The van der Waals surface area contributed by atoms with E-state index >= 15 is 0 Å². The summed E-state index contributed by atoms with van der Waals surface area (Å²) in [5.74, 6) is 0.276. The average Bonchev–Trinajstić information content (AvgIpc) is 2.45. The van der Waals surface area contributed by atoms with Gasteiger partial charge in [0.05, 0.1) is 13.2 Å². The number of amides is 1. The van der Waals surface area contributed by atoms with Gasteiger partial charge in [-0.1, -0.05) is 6.92 Å². The molecule has 0 saturated carbocycles. The molecule has 1 fully saturated rings. The number of likely N-dealkylation sites (N-methyl/N-ethyl adjacent to an activating group) is 1. The van der Waals surface area contributed by atoms with Gasteiger partial charge in [0, 0.05) is 12.6 Å². The third kappa shape index (κ3) is 1.78. The largest absolute Gasteiger partial charge is 0.329 e. The van der Waals surface area contributed by atoms with Crippen LogP contribution in [-0.2, 0) is 4.79 Å². The van der Waals surface area contributed by atoms with E-state index in [0.717, 1.165) is 19.6 Å². The van der Waals surface area contributed by atoms with E-state index < -0.39 is 0 Å². The van der Waals surface area contributed by atoms with Gasteiger partial charge in [0.2, 0.25) is 5.91 Å². The van der Waals surface area contributed by atoms with Crippen molar-refractivity contribution in [2.45, 2.75) is 33.2 Å². The Labute approximate surface area is 74.3 Å². The first-order chi connectivity index (χ1) is 5.69. The maximum Gasteiger partial charge on any atom is 0.237 e. The first-order valence-corrected chi connectivity index (χ1v) is 4.70. The normalized spacial score (nSPS) is 21.9. The van der Waals surface area contributed by atoms with Gasteiger partial charge >= 0.3 is 0 Å². The maximum atomic E-state index is 11.3. The molecule has 3 nitrogen and oxygen atoms in total. The second kappa shape index (κ2) is 3.90. The first-order valence-electron chi connectivity index (χ1n) is 4.70. The number of nitrogens with zero attached hydrogens (tertiary/aromatic N) is 2. The van der Waals surface area contributed by atoms with Crippen LogP contribution in [0.4, 0.5) is 0 Å². The Kier molecular flexibility index (Phi) is 3.09. The van der Waals surface area contributed by atoms with Gasteiger partial charge in [-0.2, -0.15) is 0 Å². The van der Waals surface area contributed by atoms with Crippen LogP contribution in [0.1, 0.15) is 27.2 Å². The second-order valence-corrected chi connectivity index (χ2v) is 3.40. The zero-order chi connectivity index (χ0) is 9.14. The lowest BCUT2D eigenvalue weighted by Gasteiger charge is -2.21. The monoisotopic (exact) mass is 170 g/mol. The third-order valence-electron chi connectivity index (χ3n) is 2.64. The molecule has 1 unspecified atom stereocenters. The Balaban J connectivity index is 2.48. The minimum absolute atomic E-state index is 0.276. The summed E-state index contributed by atoms with van der Waals surface area (Å²) in [6, 6.07) is 0.533. The molecule has 1 aliphatic rings. The summed E-state index contributed by atoms with van der Waals surface area (Å²) in [4.78, 5) is 15.4. The lowest BCUT2D eigenvalue weighted by Crippen LogP contribution is -2.32. The number of rotatable bonds is 3.